The number of nitrogens with one attached hydrogen (secondary N) is 2. The van der Waals surface area contributed by atoms with E-state index in [1.165, 1.54) is 6.92 Å². The standard InChI is InChI=1S/C12H14N4O4S/c1-6-4-5-9(7(2)13-6)16-21(19,20)11-8(3)14-15-10(11)12(17)18/h4-5,16H,1-3H3,(H,14,15)(H,17,18). The van der Waals surface area contributed by atoms with Gasteiger partial charge in [0.2, 0.25) is 0 Å². The van der Waals surface area contributed by atoms with E-state index in [9.17, 15) is 13.2 Å². The third-order valence-corrected chi connectivity index (χ3v) is 4.36. The van der Waals surface area contributed by atoms with E-state index >= 15 is 0 Å². The summed E-state index contributed by atoms with van der Waals surface area (Å²) in [6.45, 7) is 4.88. The molecule has 0 radical (unpaired) electrons. The van der Waals surface area contributed by atoms with Crippen molar-refractivity contribution in [3.8, 4) is 0 Å². The Bertz CT molecular complexity index is 811. The number of carboxylic acids is 1. The van der Waals surface area contributed by atoms with Crippen molar-refractivity contribution in [2.24, 2.45) is 0 Å². The Hall–Kier alpha value is -2.42. The number of rotatable bonds is 4. The second-order valence-corrected chi connectivity index (χ2v) is 6.14. The first-order valence-electron chi connectivity index (χ1n) is 5.97. The molecule has 2 aromatic rings. The van der Waals surface area contributed by atoms with Gasteiger partial charge in [0, 0.05) is 5.69 Å². The predicted molar refractivity (Wildman–Crippen MR) is 74.8 cm³/mol. The molecule has 0 aliphatic heterocycles. The van der Waals surface area contributed by atoms with Crippen LogP contribution in [0.2, 0.25) is 0 Å². The topological polar surface area (TPSA) is 125 Å². The minimum absolute atomic E-state index is 0.151. The minimum Gasteiger partial charge on any atom is -0.476 e. The third-order valence-electron chi connectivity index (χ3n) is 2.83. The van der Waals surface area contributed by atoms with Crippen molar-refractivity contribution in [2.45, 2.75) is 25.7 Å². The summed E-state index contributed by atoms with van der Waals surface area (Å²) >= 11 is 0. The molecule has 2 heterocycles. The first-order valence-corrected chi connectivity index (χ1v) is 7.46. The van der Waals surface area contributed by atoms with E-state index in [-0.39, 0.29) is 16.3 Å². The smallest absolute Gasteiger partial charge is 0.357 e. The number of carboxylic acid groups (broad SMARTS) is 1. The molecule has 2 rings (SSSR count). The van der Waals surface area contributed by atoms with Crippen LogP contribution in [0.4, 0.5) is 5.69 Å². The van der Waals surface area contributed by atoms with Gasteiger partial charge in [-0.2, -0.15) is 5.10 Å². The van der Waals surface area contributed by atoms with Crippen LogP contribution in [0, 0.1) is 20.8 Å². The molecule has 0 aromatic carbocycles. The minimum atomic E-state index is -4.08. The molecule has 0 atom stereocenters. The molecule has 112 valence electrons. The quantitative estimate of drug-likeness (QED) is 0.780. The number of pyridine rings is 1. The molecule has 21 heavy (non-hydrogen) atoms. The zero-order valence-electron chi connectivity index (χ0n) is 11.6. The first-order chi connectivity index (χ1) is 9.72. The van der Waals surface area contributed by atoms with Crippen LogP contribution in [0.15, 0.2) is 17.0 Å². The van der Waals surface area contributed by atoms with Gasteiger partial charge in [-0.3, -0.25) is 14.8 Å². The van der Waals surface area contributed by atoms with Crippen molar-refractivity contribution >= 4 is 21.7 Å². The highest BCUT2D eigenvalue weighted by atomic mass is 32.2. The van der Waals surface area contributed by atoms with Crippen LogP contribution in [-0.2, 0) is 10.0 Å². The van der Waals surface area contributed by atoms with Gasteiger partial charge in [-0.25, -0.2) is 13.2 Å². The fourth-order valence-electron chi connectivity index (χ4n) is 1.88. The van der Waals surface area contributed by atoms with E-state index in [1.54, 1.807) is 26.0 Å². The van der Waals surface area contributed by atoms with Gasteiger partial charge in [-0.15, -0.1) is 0 Å². The molecule has 0 spiro atoms. The Labute approximate surface area is 121 Å². The molecule has 0 bridgehead atoms. The van der Waals surface area contributed by atoms with Gasteiger partial charge in [0.15, 0.2) is 5.69 Å². The molecule has 0 fully saturated rings. The van der Waals surface area contributed by atoms with Gasteiger partial charge in [-0.05, 0) is 32.9 Å². The third kappa shape index (κ3) is 2.87. The van der Waals surface area contributed by atoms with Crippen LogP contribution >= 0.6 is 0 Å². The summed E-state index contributed by atoms with van der Waals surface area (Å²) in [5.41, 5.74) is 1.14. The molecular formula is C12H14N4O4S. The number of carbonyl (C=O) groups is 1. The molecule has 3 N–H and O–H groups in total. The lowest BCUT2D eigenvalue weighted by atomic mass is 10.3. The number of H-pyrrole nitrogens is 1. The maximum Gasteiger partial charge on any atom is 0.357 e. The summed E-state index contributed by atoms with van der Waals surface area (Å²) in [7, 11) is -4.08. The fourth-order valence-corrected chi connectivity index (χ4v) is 3.33. The molecule has 0 aliphatic carbocycles. The lowest BCUT2D eigenvalue weighted by Gasteiger charge is -2.10. The SMILES string of the molecule is Cc1ccc(NS(=O)(=O)c2c(C(=O)O)n[nH]c2C)c(C)n1. The number of hydrogen-bond donors (Lipinski definition) is 3. The number of aromatic nitrogens is 3. The van der Waals surface area contributed by atoms with Gasteiger partial charge in [0.05, 0.1) is 17.1 Å². The second kappa shape index (κ2) is 5.17. The van der Waals surface area contributed by atoms with Crippen LogP contribution < -0.4 is 4.72 Å². The van der Waals surface area contributed by atoms with Crippen molar-refractivity contribution in [2.75, 3.05) is 4.72 Å². The van der Waals surface area contributed by atoms with E-state index in [0.29, 0.717) is 5.69 Å². The summed E-state index contributed by atoms with van der Waals surface area (Å²) in [6.07, 6.45) is 0. The van der Waals surface area contributed by atoms with Crippen molar-refractivity contribution in [3.05, 3.63) is 34.9 Å². The van der Waals surface area contributed by atoms with Crippen LogP contribution in [0.3, 0.4) is 0 Å². The summed E-state index contributed by atoms with van der Waals surface area (Å²) in [5, 5.41) is 14.9. The van der Waals surface area contributed by atoms with Crippen molar-refractivity contribution < 1.29 is 18.3 Å². The van der Waals surface area contributed by atoms with Crippen LogP contribution in [-0.4, -0.2) is 34.7 Å². The Morgan fingerprint density at radius 2 is 1.95 bits per heavy atom. The average Bonchev–Trinajstić information content (AvgIpc) is 2.76. The molecule has 0 saturated heterocycles. The molecule has 2 aromatic heterocycles. The van der Waals surface area contributed by atoms with E-state index in [4.69, 9.17) is 5.11 Å². The van der Waals surface area contributed by atoms with E-state index < -0.39 is 21.7 Å². The van der Waals surface area contributed by atoms with Gasteiger partial charge in [0.25, 0.3) is 10.0 Å². The maximum absolute atomic E-state index is 12.4. The zero-order chi connectivity index (χ0) is 15.8. The molecule has 0 amide bonds. The Morgan fingerprint density at radius 1 is 1.29 bits per heavy atom. The zero-order valence-corrected chi connectivity index (χ0v) is 12.4. The van der Waals surface area contributed by atoms with E-state index in [0.717, 1.165) is 5.69 Å². The van der Waals surface area contributed by atoms with Gasteiger partial charge in [0.1, 0.15) is 4.90 Å². The number of aryl methyl sites for hydroxylation is 3. The van der Waals surface area contributed by atoms with E-state index in [2.05, 4.69) is 19.9 Å². The van der Waals surface area contributed by atoms with Crippen LogP contribution in [0.1, 0.15) is 27.6 Å². The number of nitrogens with zero attached hydrogens (tertiary/aromatic N) is 2. The Kier molecular flexibility index (Phi) is 3.69. The number of anilines is 1. The maximum atomic E-state index is 12.4. The Balaban J connectivity index is 2.48. The number of aromatic amines is 1. The lowest BCUT2D eigenvalue weighted by molar-refractivity contribution is 0.0686. The molecule has 0 aliphatic rings. The van der Waals surface area contributed by atoms with Gasteiger partial charge in [-0.1, -0.05) is 0 Å². The Morgan fingerprint density at radius 3 is 2.52 bits per heavy atom. The molecule has 0 saturated carbocycles. The van der Waals surface area contributed by atoms with Crippen LogP contribution in [0.5, 0.6) is 0 Å². The molecule has 0 unspecified atom stereocenters. The number of sulfonamides is 1. The number of aromatic carboxylic acids is 1. The van der Waals surface area contributed by atoms with Crippen molar-refractivity contribution in [1.82, 2.24) is 15.2 Å². The highest BCUT2D eigenvalue weighted by molar-refractivity contribution is 7.92. The van der Waals surface area contributed by atoms with Crippen LogP contribution in [0.25, 0.3) is 0 Å². The summed E-state index contributed by atoms with van der Waals surface area (Å²) in [4.78, 5) is 14.8. The predicted octanol–water partition coefficient (Wildman–Crippen LogP) is 1.23. The lowest BCUT2D eigenvalue weighted by Crippen LogP contribution is -2.18. The highest BCUT2D eigenvalue weighted by Crippen LogP contribution is 2.22. The van der Waals surface area contributed by atoms with Crippen molar-refractivity contribution in [3.63, 3.8) is 0 Å². The fraction of sp³-hybridized carbons (Fsp3) is 0.250. The molecule has 9 heteroatoms. The summed E-state index contributed by atoms with van der Waals surface area (Å²) in [6, 6.07) is 3.23. The van der Waals surface area contributed by atoms with Gasteiger partial charge >= 0.3 is 5.97 Å². The highest BCUT2D eigenvalue weighted by Gasteiger charge is 2.28. The average molecular weight is 310 g/mol. The molecular weight excluding hydrogens is 296 g/mol. The summed E-state index contributed by atoms with van der Waals surface area (Å²) < 4.78 is 27.1. The van der Waals surface area contributed by atoms with Crippen molar-refractivity contribution in [1.29, 1.82) is 0 Å². The monoisotopic (exact) mass is 310 g/mol. The second-order valence-electron chi connectivity index (χ2n) is 4.52. The largest absolute Gasteiger partial charge is 0.476 e. The van der Waals surface area contributed by atoms with E-state index in [1.807, 2.05) is 0 Å². The molecule has 8 nitrogen and oxygen atoms in total. The first kappa shape index (κ1) is 15.0. The normalized spacial score (nSPS) is 11.4. The van der Waals surface area contributed by atoms with Gasteiger partial charge < -0.3 is 5.11 Å². The number of hydrogen-bond acceptors (Lipinski definition) is 5. The summed E-state index contributed by atoms with van der Waals surface area (Å²) in [5.74, 6) is -1.42.